The number of nitrogens with one attached hydrogen (secondary N) is 2. The van der Waals surface area contributed by atoms with Crippen molar-refractivity contribution in [2.75, 3.05) is 12.5 Å². The van der Waals surface area contributed by atoms with Crippen LogP contribution in [0.3, 0.4) is 0 Å². The zero-order chi connectivity index (χ0) is 8.97. The highest BCUT2D eigenvalue weighted by molar-refractivity contribution is 5.85. The number of nitrogen functional groups attached to an aromatic ring is 1. The maximum atomic E-state index is 5.37. The summed E-state index contributed by atoms with van der Waals surface area (Å²) in [6, 6.07) is 8.29. The van der Waals surface area contributed by atoms with Crippen molar-refractivity contribution in [1.29, 1.82) is 0 Å². The Morgan fingerprint density at radius 2 is 1.92 bits per heavy atom. The second-order valence-corrected chi connectivity index (χ2v) is 2.74. The minimum absolute atomic E-state index is 0. The molecule has 4 N–H and O–H groups in total. The van der Waals surface area contributed by atoms with E-state index in [-0.39, 0.29) is 12.4 Å². The third kappa shape index (κ3) is 2.88. The molecular formula is C9H16ClN3. The maximum Gasteiger partial charge on any atom is 0.0532 e. The third-order valence-electron chi connectivity index (χ3n) is 2.02. The molecule has 0 fully saturated rings. The van der Waals surface area contributed by atoms with Crippen LogP contribution in [-0.4, -0.2) is 7.05 Å². The molecule has 0 radical (unpaired) electrons. The number of hydrazine groups is 1. The summed E-state index contributed by atoms with van der Waals surface area (Å²) >= 11 is 0. The molecule has 0 spiro atoms. The van der Waals surface area contributed by atoms with Crippen molar-refractivity contribution < 1.29 is 0 Å². The SMILES string of the molecule is CNC(C)c1ccccc1NN.Cl. The van der Waals surface area contributed by atoms with Crippen LogP contribution in [0.4, 0.5) is 5.69 Å². The summed E-state index contributed by atoms with van der Waals surface area (Å²) in [6.07, 6.45) is 0. The third-order valence-corrected chi connectivity index (χ3v) is 2.02. The standard InChI is InChI=1S/C9H15N3.ClH/c1-7(11-2)8-5-3-4-6-9(8)12-10;/h3-7,11-12H,10H2,1-2H3;1H. The van der Waals surface area contributed by atoms with E-state index in [1.807, 2.05) is 25.2 Å². The Hall–Kier alpha value is -0.770. The number of para-hydroxylation sites is 1. The molecule has 3 nitrogen and oxygen atoms in total. The average molecular weight is 202 g/mol. The van der Waals surface area contributed by atoms with E-state index in [0.29, 0.717) is 6.04 Å². The summed E-state index contributed by atoms with van der Waals surface area (Å²) in [5.41, 5.74) is 4.83. The molecule has 13 heavy (non-hydrogen) atoms. The molecule has 0 aromatic heterocycles. The predicted molar refractivity (Wildman–Crippen MR) is 59.0 cm³/mol. The summed E-state index contributed by atoms with van der Waals surface area (Å²) in [7, 11) is 1.93. The molecule has 0 heterocycles. The average Bonchev–Trinajstić information content (AvgIpc) is 2.16. The second kappa shape index (κ2) is 5.80. The number of hydrogen-bond acceptors (Lipinski definition) is 3. The largest absolute Gasteiger partial charge is 0.324 e. The first kappa shape index (κ1) is 12.2. The van der Waals surface area contributed by atoms with Crippen LogP contribution < -0.4 is 16.6 Å². The number of rotatable bonds is 3. The highest BCUT2D eigenvalue weighted by atomic mass is 35.5. The molecule has 4 heteroatoms. The Kier molecular flexibility index (Phi) is 5.46. The van der Waals surface area contributed by atoms with Crippen molar-refractivity contribution in [3.8, 4) is 0 Å². The molecule has 1 rings (SSSR count). The van der Waals surface area contributed by atoms with Gasteiger partial charge in [-0.05, 0) is 25.6 Å². The van der Waals surface area contributed by atoms with Gasteiger partial charge in [0.15, 0.2) is 0 Å². The van der Waals surface area contributed by atoms with Crippen molar-refractivity contribution in [3.63, 3.8) is 0 Å². The van der Waals surface area contributed by atoms with Crippen LogP contribution in [0.2, 0.25) is 0 Å². The number of anilines is 1. The molecule has 1 unspecified atom stereocenters. The molecule has 1 atom stereocenters. The Labute approximate surface area is 85.1 Å². The minimum atomic E-state index is 0. The van der Waals surface area contributed by atoms with Gasteiger partial charge in [0.2, 0.25) is 0 Å². The Morgan fingerprint density at radius 3 is 2.46 bits per heavy atom. The molecule has 0 aliphatic heterocycles. The number of halogens is 1. The van der Waals surface area contributed by atoms with E-state index in [0.717, 1.165) is 5.69 Å². The summed E-state index contributed by atoms with van der Waals surface area (Å²) in [5.74, 6) is 5.37. The molecule has 0 aliphatic carbocycles. The van der Waals surface area contributed by atoms with Gasteiger partial charge in [-0.15, -0.1) is 12.4 Å². The van der Waals surface area contributed by atoms with Gasteiger partial charge in [0.25, 0.3) is 0 Å². The summed E-state index contributed by atoms with van der Waals surface area (Å²) in [6.45, 7) is 2.09. The van der Waals surface area contributed by atoms with Crippen LogP contribution in [0.1, 0.15) is 18.5 Å². The predicted octanol–water partition coefficient (Wildman–Crippen LogP) is 1.67. The second-order valence-electron chi connectivity index (χ2n) is 2.74. The first-order valence-electron chi connectivity index (χ1n) is 4.02. The molecule has 0 aliphatic rings. The number of hydrogen-bond donors (Lipinski definition) is 3. The van der Waals surface area contributed by atoms with E-state index in [1.165, 1.54) is 5.56 Å². The Bertz CT molecular complexity index is 252. The Balaban J connectivity index is 0.00000144. The van der Waals surface area contributed by atoms with Crippen molar-refractivity contribution >= 4 is 18.1 Å². The molecular weight excluding hydrogens is 186 g/mol. The van der Waals surface area contributed by atoms with E-state index >= 15 is 0 Å². The number of nitrogens with two attached hydrogens (primary N) is 1. The highest BCUT2D eigenvalue weighted by Gasteiger charge is 2.05. The molecule has 0 amide bonds. The fourth-order valence-corrected chi connectivity index (χ4v) is 1.16. The lowest BCUT2D eigenvalue weighted by Crippen LogP contribution is -2.16. The van der Waals surface area contributed by atoms with Crippen LogP contribution in [0.25, 0.3) is 0 Å². The molecule has 1 aromatic rings. The van der Waals surface area contributed by atoms with Crippen LogP contribution >= 0.6 is 12.4 Å². The van der Waals surface area contributed by atoms with Gasteiger partial charge < -0.3 is 10.7 Å². The van der Waals surface area contributed by atoms with Gasteiger partial charge in [-0.1, -0.05) is 18.2 Å². The fraction of sp³-hybridized carbons (Fsp3) is 0.333. The first-order chi connectivity index (χ1) is 5.79. The molecule has 0 bridgehead atoms. The lowest BCUT2D eigenvalue weighted by molar-refractivity contribution is 0.653. The van der Waals surface area contributed by atoms with Crippen molar-refractivity contribution in [3.05, 3.63) is 29.8 Å². The molecule has 74 valence electrons. The lowest BCUT2D eigenvalue weighted by atomic mass is 10.1. The zero-order valence-electron chi connectivity index (χ0n) is 7.87. The van der Waals surface area contributed by atoms with E-state index in [4.69, 9.17) is 5.84 Å². The van der Waals surface area contributed by atoms with Crippen molar-refractivity contribution in [2.45, 2.75) is 13.0 Å². The summed E-state index contributed by atoms with van der Waals surface area (Å²) < 4.78 is 0. The van der Waals surface area contributed by atoms with E-state index < -0.39 is 0 Å². The minimum Gasteiger partial charge on any atom is -0.324 e. The Morgan fingerprint density at radius 1 is 1.31 bits per heavy atom. The van der Waals surface area contributed by atoms with Gasteiger partial charge >= 0.3 is 0 Å². The monoisotopic (exact) mass is 201 g/mol. The molecule has 0 saturated carbocycles. The van der Waals surface area contributed by atoms with Gasteiger partial charge in [-0.25, -0.2) is 0 Å². The maximum absolute atomic E-state index is 5.37. The van der Waals surface area contributed by atoms with Crippen LogP contribution in [0.15, 0.2) is 24.3 Å². The van der Waals surface area contributed by atoms with Crippen LogP contribution in [-0.2, 0) is 0 Å². The lowest BCUT2D eigenvalue weighted by Gasteiger charge is -2.14. The van der Waals surface area contributed by atoms with Gasteiger partial charge in [0, 0.05) is 6.04 Å². The van der Waals surface area contributed by atoms with Gasteiger partial charge in [0.05, 0.1) is 5.69 Å². The smallest absolute Gasteiger partial charge is 0.0532 e. The topological polar surface area (TPSA) is 50.1 Å². The highest BCUT2D eigenvalue weighted by Crippen LogP contribution is 2.20. The first-order valence-corrected chi connectivity index (χ1v) is 4.02. The zero-order valence-corrected chi connectivity index (χ0v) is 8.69. The molecule has 0 saturated heterocycles. The van der Waals surface area contributed by atoms with Gasteiger partial charge in [-0.2, -0.15) is 0 Å². The van der Waals surface area contributed by atoms with E-state index in [1.54, 1.807) is 0 Å². The van der Waals surface area contributed by atoms with E-state index in [2.05, 4.69) is 23.7 Å². The number of benzene rings is 1. The van der Waals surface area contributed by atoms with Gasteiger partial charge in [-0.3, -0.25) is 5.84 Å². The van der Waals surface area contributed by atoms with E-state index in [9.17, 15) is 0 Å². The van der Waals surface area contributed by atoms with Crippen molar-refractivity contribution in [1.82, 2.24) is 5.32 Å². The van der Waals surface area contributed by atoms with Gasteiger partial charge in [0.1, 0.15) is 0 Å². The summed E-state index contributed by atoms with van der Waals surface area (Å²) in [5, 5.41) is 3.16. The quantitative estimate of drug-likeness (QED) is 0.515. The van der Waals surface area contributed by atoms with Crippen molar-refractivity contribution in [2.24, 2.45) is 5.84 Å². The van der Waals surface area contributed by atoms with Crippen LogP contribution in [0.5, 0.6) is 0 Å². The summed E-state index contributed by atoms with van der Waals surface area (Å²) in [4.78, 5) is 0. The normalized spacial score (nSPS) is 11.6. The fourth-order valence-electron chi connectivity index (χ4n) is 1.16. The molecule has 1 aromatic carbocycles. The van der Waals surface area contributed by atoms with Crippen LogP contribution in [0, 0.1) is 0 Å².